The number of hydrogen-bond donors (Lipinski definition) is 0. The maximum Gasteiger partial charge on any atom is 0.0725 e. The van der Waals surface area contributed by atoms with Gasteiger partial charge in [0.25, 0.3) is 0 Å². The highest BCUT2D eigenvalue weighted by molar-refractivity contribution is 6.14. The molecule has 53 heavy (non-hydrogen) atoms. The van der Waals surface area contributed by atoms with Crippen molar-refractivity contribution in [1.29, 1.82) is 0 Å². The highest BCUT2D eigenvalue weighted by atomic mass is 14.5. The Balaban J connectivity index is 1.09. The van der Waals surface area contributed by atoms with E-state index in [1.807, 2.05) is 0 Å². The van der Waals surface area contributed by atoms with E-state index in [-0.39, 0.29) is 5.41 Å². The second-order valence-corrected chi connectivity index (χ2v) is 14.8. The van der Waals surface area contributed by atoms with Crippen molar-refractivity contribution in [2.24, 2.45) is 0 Å². The van der Waals surface area contributed by atoms with Gasteiger partial charge in [0, 0.05) is 0 Å². The molecule has 0 radical (unpaired) electrons. The van der Waals surface area contributed by atoms with Crippen LogP contribution >= 0.6 is 0 Å². The Kier molecular flexibility index (Phi) is 5.80. The van der Waals surface area contributed by atoms with Gasteiger partial charge in [-0.3, -0.25) is 0 Å². The van der Waals surface area contributed by atoms with Crippen LogP contribution in [0, 0.1) is 0 Å². The first-order chi connectivity index (χ1) is 26.3. The van der Waals surface area contributed by atoms with Gasteiger partial charge in [-0.15, -0.1) is 0 Å². The summed E-state index contributed by atoms with van der Waals surface area (Å²) in [5.41, 5.74) is 15.5. The van der Waals surface area contributed by atoms with Crippen LogP contribution in [0.5, 0.6) is 0 Å². The second kappa shape index (κ2) is 10.6. The van der Waals surface area contributed by atoms with E-state index in [4.69, 9.17) is 0 Å². The van der Waals surface area contributed by atoms with Crippen LogP contribution in [0.1, 0.15) is 22.3 Å². The summed E-state index contributed by atoms with van der Waals surface area (Å²) in [6.45, 7) is 0. The monoisotopic (exact) mass is 668 g/mol. The van der Waals surface area contributed by atoms with Gasteiger partial charge < -0.3 is 0 Å². The lowest BCUT2D eigenvalue weighted by Crippen LogP contribution is -2.25. The van der Waals surface area contributed by atoms with Crippen molar-refractivity contribution in [1.82, 2.24) is 0 Å². The Labute approximate surface area is 308 Å². The van der Waals surface area contributed by atoms with Crippen molar-refractivity contribution < 1.29 is 0 Å². The summed E-state index contributed by atoms with van der Waals surface area (Å²) in [4.78, 5) is 0. The Morgan fingerprint density at radius 1 is 0.245 bits per heavy atom. The molecule has 1 spiro atoms. The van der Waals surface area contributed by atoms with Crippen LogP contribution in [0.25, 0.3) is 87.6 Å². The molecule has 244 valence electrons. The highest BCUT2D eigenvalue weighted by Crippen LogP contribution is 2.64. The molecule has 0 amide bonds. The average Bonchev–Trinajstić information content (AvgIpc) is 3.69. The molecule has 0 nitrogen and oxygen atoms in total. The van der Waals surface area contributed by atoms with E-state index in [1.54, 1.807) is 0 Å². The lowest BCUT2D eigenvalue weighted by atomic mass is 9.70. The molecule has 0 bridgehead atoms. The van der Waals surface area contributed by atoms with Crippen molar-refractivity contribution in [3.63, 3.8) is 0 Å². The third kappa shape index (κ3) is 3.85. The molecule has 0 heteroatoms. The van der Waals surface area contributed by atoms with Crippen molar-refractivity contribution in [2.45, 2.75) is 5.41 Å². The molecule has 0 saturated heterocycles. The smallest absolute Gasteiger partial charge is 0.0619 e. The van der Waals surface area contributed by atoms with Crippen LogP contribution < -0.4 is 0 Å². The standard InChI is InChI=1S/C53H32/c1-4-17-41-33(12-1)26-27-50-52(41)47-30-36-25-24-35(29-39(36)32-51(47)53(50)48-22-9-7-20-44(48)45-21-8-10-23-49(45)53)34-14-11-15-37(28-34)46-31-38-13-2-3-16-40(38)42-18-5-6-19-43(42)46/h1-32H. The first-order valence-corrected chi connectivity index (χ1v) is 18.6. The molecule has 10 aromatic rings. The van der Waals surface area contributed by atoms with Gasteiger partial charge in [0.2, 0.25) is 0 Å². The fourth-order valence-corrected chi connectivity index (χ4v) is 9.99. The predicted molar refractivity (Wildman–Crippen MR) is 224 cm³/mol. The van der Waals surface area contributed by atoms with Crippen LogP contribution in [0.2, 0.25) is 0 Å². The minimum Gasteiger partial charge on any atom is -0.0619 e. The van der Waals surface area contributed by atoms with Crippen LogP contribution in [-0.2, 0) is 5.41 Å². The van der Waals surface area contributed by atoms with Gasteiger partial charge in [0.05, 0.1) is 5.41 Å². The predicted octanol–water partition coefficient (Wildman–Crippen LogP) is 14.0. The molecule has 2 aliphatic rings. The molecular weight excluding hydrogens is 637 g/mol. The van der Waals surface area contributed by atoms with Crippen LogP contribution in [-0.4, -0.2) is 0 Å². The molecule has 10 aromatic carbocycles. The summed E-state index contributed by atoms with van der Waals surface area (Å²) in [5, 5.41) is 10.3. The molecule has 0 heterocycles. The van der Waals surface area contributed by atoms with Crippen molar-refractivity contribution in [3.8, 4) is 44.5 Å². The van der Waals surface area contributed by atoms with E-state index in [1.165, 1.54) is 110 Å². The lowest BCUT2D eigenvalue weighted by Gasteiger charge is -2.30. The topological polar surface area (TPSA) is 0 Å². The molecule has 0 aromatic heterocycles. The maximum absolute atomic E-state index is 2.52. The van der Waals surface area contributed by atoms with E-state index < -0.39 is 0 Å². The summed E-state index contributed by atoms with van der Waals surface area (Å²) in [7, 11) is 0. The Morgan fingerprint density at radius 2 is 0.849 bits per heavy atom. The normalized spacial score (nSPS) is 13.4. The Hall–Kier alpha value is -6.76. The number of fused-ring (bicyclic) bond motifs is 16. The van der Waals surface area contributed by atoms with E-state index in [0.717, 1.165) is 0 Å². The summed E-state index contributed by atoms with van der Waals surface area (Å²) >= 11 is 0. The van der Waals surface area contributed by atoms with E-state index in [2.05, 4.69) is 194 Å². The van der Waals surface area contributed by atoms with E-state index in [9.17, 15) is 0 Å². The molecule has 0 aliphatic heterocycles. The van der Waals surface area contributed by atoms with Crippen molar-refractivity contribution in [3.05, 3.63) is 216 Å². The number of benzene rings is 10. The molecule has 0 N–H and O–H groups in total. The maximum atomic E-state index is 2.52. The van der Waals surface area contributed by atoms with Crippen LogP contribution in [0.15, 0.2) is 194 Å². The molecule has 0 fully saturated rings. The molecular formula is C53H32. The zero-order valence-corrected chi connectivity index (χ0v) is 29.0. The van der Waals surface area contributed by atoms with E-state index >= 15 is 0 Å². The third-order valence-electron chi connectivity index (χ3n) is 12.2. The van der Waals surface area contributed by atoms with Gasteiger partial charge in [-0.05, 0) is 140 Å². The molecule has 2 aliphatic carbocycles. The van der Waals surface area contributed by atoms with Crippen molar-refractivity contribution >= 4 is 43.1 Å². The third-order valence-corrected chi connectivity index (χ3v) is 12.2. The summed E-state index contributed by atoms with van der Waals surface area (Å²) in [6.07, 6.45) is 0. The average molecular weight is 669 g/mol. The number of rotatable bonds is 2. The minimum absolute atomic E-state index is 0.386. The lowest BCUT2D eigenvalue weighted by molar-refractivity contribution is 0.795. The zero-order chi connectivity index (χ0) is 34.7. The number of hydrogen-bond acceptors (Lipinski definition) is 0. The van der Waals surface area contributed by atoms with Gasteiger partial charge in [0.1, 0.15) is 0 Å². The Morgan fingerprint density at radius 3 is 1.66 bits per heavy atom. The SMILES string of the molecule is c1cc(-c2ccc3cc4c(cc3c2)C2(c3ccccc3-c3ccccc32)c2ccc3ccccc3c2-4)cc(-c2cc3ccccc3c3ccccc23)c1. The molecule has 0 unspecified atom stereocenters. The molecule has 0 saturated carbocycles. The van der Waals surface area contributed by atoms with Gasteiger partial charge in [-0.2, -0.15) is 0 Å². The zero-order valence-electron chi connectivity index (χ0n) is 29.0. The van der Waals surface area contributed by atoms with Gasteiger partial charge in [-0.25, -0.2) is 0 Å². The minimum atomic E-state index is -0.386. The summed E-state index contributed by atoms with van der Waals surface area (Å²) < 4.78 is 0. The Bertz CT molecular complexity index is 3130. The van der Waals surface area contributed by atoms with Gasteiger partial charge in [0.15, 0.2) is 0 Å². The highest BCUT2D eigenvalue weighted by Gasteiger charge is 2.52. The van der Waals surface area contributed by atoms with Crippen LogP contribution in [0.4, 0.5) is 0 Å². The second-order valence-electron chi connectivity index (χ2n) is 14.8. The summed E-state index contributed by atoms with van der Waals surface area (Å²) in [5.74, 6) is 0. The first-order valence-electron chi connectivity index (χ1n) is 18.6. The van der Waals surface area contributed by atoms with Gasteiger partial charge in [-0.1, -0.05) is 164 Å². The molecule has 12 rings (SSSR count). The van der Waals surface area contributed by atoms with E-state index in [0.29, 0.717) is 0 Å². The van der Waals surface area contributed by atoms with Gasteiger partial charge >= 0.3 is 0 Å². The van der Waals surface area contributed by atoms with Crippen molar-refractivity contribution in [2.75, 3.05) is 0 Å². The summed E-state index contributed by atoms with van der Waals surface area (Å²) in [6, 6.07) is 72.8. The molecule has 0 atom stereocenters. The fraction of sp³-hybridized carbons (Fsp3) is 0.0189. The first kappa shape index (κ1) is 28.9. The van der Waals surface area contributed by atoms with Crippen LogP contribution in [0.3, 0.4) is 0 Å². The fourth-order valence-electron chi connectivity index (χ4n) is 9.99. The quantitative estimate of drug-likeness (QED) is 0.161. The largest absolute Gasteiger partial charge is 0.0725 e.